The number of nitrogens with zero attached hydrogens (tertiary/aromatic N) is 6. The molecular formula is C20H25N7O. The van der Waals surface area contributed by atoms with Crippen molar-refractivity contribution in [1.29, 1.82) is 0 Å². The molecule has 3 heterocycles. The summed E-state index contributed by atoms with van der Waals surface area (Å²) >= 11 is 0. The van der Waals surface area contributed by atoms with Gasteiger partial charge in [-0.15, -0.1) is 5.10 Å². The van der Waals surface area contributed by atoms with Gasteiger partial charge in [0.2, 0.25) is 0 Å². The topological polar surface area (TPSA) is 90.5 Å². The van der Waals surface area contributed by atoms with Crippen LogP contribution in [0.25, 0.3) is 5.82 Å². The summed E-state index contributed by atoms with van der Waals surface area (Å²) in [4.78, 5) is 21.1. The van der Waals surface area contributed by atoms with E-state index in [1.54, 1.807) is 33.9 Å². The molecule has 0 bridgehead atoms. The largest absolute Gasteiger partial charge is 0.366 e. The first-order chi connectivity index (χ1) is 13.5. The number of hydrogen-bond donors (Lipinski definition) is 1. The van der Waals surface area contributed by atoms with E-state index in [4.69, 9.17) is 0 Å². The van der Waals surface area contributed by atoms with Crippen molar-refractivity contribution in [3.05, 3.63) is 58.0 Å². The van der Waals surface area contributed by atoms with E-state index in [9.17, 15) is 4.79 Å². The van der Waals surface area contributed by atoms with E-state index in [-0.39, 0.29) is 11.6 Å². The van der Waals surface area contributed by atoms with E-state index in [1.807, 2.05) is 26.8 Å². The Hall–Kier alpha value is -3.03. The van der Waals surface area contributed by atoms with Crippen molar-refractivity contribution in [3.63, 3.8) is 0 Å². The third-order valence-electron chi connectivity index (χ3n) is 5.21. The van der Waals surface area contributed by atoms with Gasteiger partial charge in [-0.3, -0.25) is 9.78 Å². The number of nitrogens with one attached hydrogen (secondary N) is 1. The van der Waals surface area contributed by atoms with Gasteiger partial charge in [0.25, 0.3) is 5.56 Å². The Morgan fingerprint density at radius 3 is 2.39 bits per heavy atom. The zero-order chi connectivity index (χ0) is 19.7. The summed E-state index contributed by atoms with van der Waals surface area (Å²) in [5.74, 6) is 1.48. The molecule has 0 radical (unpaired) electrons. The molecule has 146 valence electrons. The molecule has 0 atom stereocenters. The minimum atomic E-state index is -0.0638. The van der Waals surface area contributed by atoms with Crippen molar-refractivity contribution in [2.24, 2.45) is 0 Å². The van der Waals surface area contributed by atoms with E-state index >= 15 is 0 Å². The van der Waals surface area contributed by atoms with Crippen molar-refractivity contribution in [1.82, 2.24) is 29.5 Å². The van der Waals surface area contributed by atoms with Gasteiger partial charge in [0, 0.05) is 17.8 Å². The zero-order valence-corrected chi connectivity index (χ0v) is 16.5. The summed E-state index contributed by atoms with van der Waals surface area (Å²) in [6.07, 6.45) is 7.24. The number of rotatable bonds is 4. The van der Waals surface area contributed by atoms with Gasteiger partial charge in [-0.05, 0) is 58.6 Å². The summed E-state index contributed by atoms with van der Waals surface area (Å²) in [7, 11) is 0. The van der Waals surface area contributed by atoms with Crippen LogP contribution in [0.5, 0.6) is 0 Å². The Bertz CT molecular complexity index is 1010. The van der Waals surface area contributed by atoms with Crippen LogP contribution in [0.15, 0.2) is 35.4 Å². The number of aromatic nitrogens is 6. The number of hydrogen-bond acceptors (Lipinski definition) is 6. The Labute approximate surface area is 163 Å². The predicted octanol–water partition coefficient (Wildman–Crippen LogP) is 2.74. The first kappa shape index (κ1) is 18.3. The second-order valence-electron chi connectivity index (χ2n) is 7.51. The number of aryl methyl sites for hydroxylation is 3. The van der Waals surface area contributed by atoms with Gasteiger partial charge in [-0.25, -0.2) is 14.3 Å². The first-order valence-electron chi connectivity index (χ1n) is 9.68. The fourth-order valence-electron chi connectivity index (χ4n) is 3.79. The molecule has 1 aliphatic carbocycles. The smallest absolute Gasteiger partial charge is 0.267 e. The van der Waals surface area contributed by atoms with Crippen LogP contribution in [0.3, 0.4) is 0 Å². The molecule has 0 unspecified atom stereocenters. The highest BCUT2D eigenvalue weighted by Gasteiger charge is 2.24. The first-order valence-corrected chi connectivity index (χ1v) is 9.68. The Morgan fingerprint density at radius 1 is 0.964 bits per heavy atom. The third-order valence-corrected chi connectivity index (χ3v) is 5.21. The van der Waals surface area contributed by atoms with Crippen LogP contribution in [-0.4, -0.2) is 35.6 Å². The van der Waals surface area contributed by atoms with Crippen LogP contribution < -0.4 is 10.9 Å². The highest BCUT2D eigenvalue weighted by Crippen LogP contribution is 2.28. The molecule has 28 heavy (non-hydrogen) atoms. The highest BCUT2D eigenvalue weighted by atomic mass is 16.1. The summed E-state index contributed by atoms with van der Waals surface area (Å²) < 4.78 is 3.42. The van der Waals surface area contributed by atoms with Crippen LogP contribution in [0.2, 0.25) is 0 Å². The van der Waals surface area contributed by atoms with Gasteiger partial charge in [-0.2, -0.15) is 5.10 Å². The van der Waals surface area contributed by atoms with Crippen molar-refractivity contribution in [2.45, 2.75) is 58.5 Å². The van der Waals surface area contributed by atoms with Gasteiger partial charge in [0.1, 0.15) is 5.82 Å². The van der Waals surface area contributed by atoms with Gasteiger partial charge in [0.15, 0.2) is 5.82 Å². The summed E-state index contributed by atoms with van der Waals surface area (Å²) in [6.45, 7) is 5.86. The molecule has 3 aromatic heterocycles. The molecule has 1 saturated carbocycles. The van der Waals surface area contributed by atoms with Crippen LogP contribution >= 0.6 is 0 Å². The third kappa shape index (κ3) is 3.81. The van der Waals surface area contributed by atoms with E-state index in [0.717, 1.165) is 48.6 Å². The SMILES string of the molecule is Cc1cnc(NC2CCC(n3nc(-n4nc(C)cc4C)ccc3=O)CC2)cn1. The molecule has 3 aromatic rings. The molecule has 1 N–H and O–H groups in total. The van der Waals surface area contributed by atoms with Crippen molar-refractivity contribution in [2.75, 3.05) is 5.32 Å². The van der Waals surface area contributed by atoms with Gasteiger partial charge >= 0.3 is 0 Å². The lowest BCUT2D eigenvalue weighted by Crippen LogP contribution is -2.33. The van der Waals surface area contributed by atoms with Gasteiger partial charge in [-0.1, -0.05) is 0 Å². The van der Waals surface area contributed by atoms with E-state index in [1.165, 1.54) is 0 Å². The highest BCUT2D eigenvalue weighted by molar-refractivity contribution is 5.32. The predicted molar refractivity (Wildman–Crippen MR) is 107 cm³/mol. The van der Waals surface area contributed by atoms with Crippen molar-refractivity contribution < 1.29 is 0 Å². The molecule has 0 spiro atoms. The van der Waals surface area contributed by atoms with Gasteiger partial charge in [0.05, 0.1) is 29.8 Å². The second-order valence-corrected chi connectivity index (χ2v) is 7.51. The molecule has 1 aliphatic rings. The molecule has 0 saturated heterocycles. The molecule has 0 aromatic carbocycles. The van der Waals surface area contributed by atoms with Crippen LogP contribution in [0.1, 0.15) is 48.8 Å². The molecular weight excluding hydrogens is 354 g/mol. The quantitative estimate of drug-likeness (QED) is 0.750. The summed E-state index contributed by atoms with van der Waals surface area (Å²) in [6, 6.07) is 5.77. The Kier molecular flexibility index (Phi) is 4.93. The number of anilines is 1. The Balaban J connectivity index is 1.47. The fraction of sp³-hybridized carbons (Fsp3) is 0.450. The second kappa shape index (κ2) is 7.53. The summed E-state index contributed by atoms with van der Waals surface area (Å²) in [5.41, 5.74) is 2.78. The molecule has 0 aliphatic heterocycles. The molecule has 8 nitrogen and oxygen atoms in total. The normalized spacial score (nSPS) is 19.5. The molecule has 1 fully saturated rings. The lowest BCUT2D eigenvalue weighted by atomic mass is 9.91. The lowest BCUT2D eigenvalue weighted by Gasteiger charge is -2.29. The molecule has 0 amide bonds. The molecule has 4 rings (SSSR count). The Morgan fingerprint density at radius 2 is 1.75 bits per heavy atom. The van der Waals surface area contributed by atoms with E-state index in [0.29, 0.717) is 11.9 Å². The standard InChI is InChI=1S/C20H25N7O/c1-13-10-15(3)26(24-13)19-8-9-20(28)27(25-19)17-6-4-16(5-7-17)23-18-12-21-14(2)11-22-18/h8-12,16-17H,4-7H2,1-3H3,(H,22,23). The lowest BCUT2D eigenvalue weighted by molar-refractivity contribution is 0.302. The van der Waals surface area contributed by atoms with Crippen molar-refractivity contribution >= 4 is 5.82 Å². The maximum Gasteiger partial charge on any atom is 0.267 e. The van der Waals surface area contributed by atoms with E-state index < -0.39 is 0 Å². The van der Waals surface area contributed by atoms with Crippen LogP contribution in [-0.2, 0) is 0 Å². The summed E-state index contributed by atoms with van der Waals surface area (Å²) in [5, 5.41) is 12.5. The fourth-order valence-corrected chi connectivity index (χ4v) is 3.79. The van der Waals surface area contributed by atoms with Crippen LogP contribution in [0.4, 0.5) is 5.82 Å². The zero-order valence-electron chi connectivity index (χ0n) is 16.5. The minimum absolute atomic E-state index is 0.0638. The molecule has 8 heteroatoms. The minimum Gasteiger partial charge on any atom is -0.366 e. The monoisotopic (exact) mass is 379 g/mol. The van der Waals surface area contributed by atoms with Crippen LogP contribution in [0, 0.1) is 20.8 Å². The van der Waals surface area contributed by atoms with Gasteiger partial charge < -0.3 is 5.32 Å². The van der Waals surface area contributed by atoms with Crippen molar-refractivity contribution in [3.8, 4) is 5.82 Å². The maximum absolute atomic E-state index is 12.4. The average molecular weight is 379 g/mol. The maximum atomic E-state index is 12.4. The average Bonchev–Trinajstić information content (AvgIpc) is 3.03. The van der Waals surface area contributed by atoms with E-state index in [2.05, 4.69) is 25.5 Å².